The molecule has 0 aromatic rings. The average Bonchev–Trinajstić information content (AvgIpc) is 2.80. The first-order chi connectivity index (χ1) is 10.8. The van der Waals surface area contributed by atoms with E-state index in [1.165, 1.54) is 0 Å². The van der Waals surface area contributed by atoms with Gasteiger partial charge in [0.25, 0.3) is 0 Å². The van der Waals surface area contributed by atoms with E-state index in [0.29, 0.717) is 0 Å². The van der Waals surface area contributed by atoms with Gasteiger partial charge in [-0.05, 0) is 0 Å². The Bertz CT molecular complexity index is 401. The van der Waals surface area contributed by atoms with Crippen LogP contribution < -0.4 is 0 Å². The van der Waals surface area contributed by atoms with Crippen LogP contribution in [0.5, 0.6) is 0 Å². The second-order valence-corrected chi connectivity index (χ2v) is 5.50. The maximum Gasteiger partial charge on any atom is 0.224 e. The summed E-state index contributed by atoms with van der Waals surface area (Å²) >= 11 is 0. The highest BCUT2D eigenvalue weighted by Crippen LogP contribution is 2.36. The fourth-order valence-electron chi connectivity index (χ4n) is 2.59. The number of hydrogen-bond acceptors (Lipinski definition) is 9. The van der Waals surface area contributed by atoms with Crippen molar-refractivity contribution in [3.8, 4) is 0 Å². The maximum atomic E-state index is 12.8. The molecule has 2 heterocycles. The van der Waals surface area contributed by atoms with E-state index in [1.807, 2.05) is 0 Å². The number of aliphatic hydroxyl groups is 6. The van der Waals surface area contributed by atoms with Crippen LogP contribution in [0, 0.1) is 0 Å². The van der Waals surface area contributed by atoms with E-state index in [4.69, 9.17) is 14.2 Å². The highest BCUT2D eigenvalue weighted by molar-refractivity contribution is 4.98. The van der Waals surface area contributed by atoms with Gasteiger partial charge in [0.05, 0.1) is 0 Å². The minimum Gasteiger partial charge on any atom is -0.391 e. The zero-order valence-corrected chi connectivity index (χ0v) is 11.9. The molecule has 0 aromatic carbocycles. The molecule has 9 atom stereocenters. The third kappa shape index (κ3) is 3.21. The number of rotatable bonds is 5. The summed E-state index contributed by atoms with van der Waals surface area (Å²) in [7, 11) is 0. The van der Waals surface area contributed by atoms with Crippen molar-refractivity contribution in [1.29, 1.82) is 0 Å². The lowest BCUT2D eigenvalue weighted by atomic mass is 9.99. The molecule has 11 heteroatoms. The Morgan fingerprint density at radius 2 is 1.48 bits per heavy atom. The standard InChI is InChI=1S/C12H20F2O9/c13-1-4-6(16)8(18)9(19)11(21-4)23-12(3-15)10(20)7(17)5(2-14)22-12/h4-11,15-20H,1-3H2/t4-,5-,6-,7+,8-,9-,10+,11-,12+/m0/s1. The van der Waals surface area contributed by atoms with E-state index >= 15 is 0 Å². The molecule has 6 N–H and O–H groups in total. The number of alkyl halides is 2. The number of hydrogen-bond donors (Lipinski definition) is 6. The molecule has 0 radical (unpaired) electrons. The first kappa shape index (κ1) is 18.8. The molecule has 0 amide bonds. The van der Waals surface area contributed by atoms with Gasteiger partial charge in [0.15, 0.2) is 6.29 Å². The molecule has 2 fully saturated rings. The van der Waals surface area contributed by atoms with Crippen molar-refractivity contribution in [3.05, 3.63) is 0 Å². The van der Waals surface area contributed by atoms with Crippen LogP contribution in [0.3, 0.4) is 0 Å². The molecule has 2 aliphatic heterocycles. The third-order valence-corrected chi connectivity index (χ3v) is 4.01. The van der Waals surface area contributed by atoms with Gasteiger partial charge in [0.2, 0.25) is 5.79 Å². The van der Waals surface area contributed by atoms with Gasteiger partial charge in [0.1, 0.15) is 62.7 Å². The van der Waals surface area contributed by atoms with Crippen LogP contribution in [0.2, 0.25) is 0 Å². The SMILES string of the molecule is OC[C@]1(O[C@@H]2O[C@@H](CF)[C@H](O)[C@H](O)[C@@H]2O)O[C@@H](CF)[C@@H](O)[C@H]1O. The summed E-state index contributed by atoms with van der Waals surface area (Å²) in [5.74, 6) is -2.34. The van der Waals surface area contributed by atoms with Crippen molar-refractivity contribution in [3.63, 3.8) is 0 Å². The van der Waals surface area contributed by atoms with Gasteiger partial charge in [-0.1, -0.05) is 0 Å². The summed E-state index contributed by atoms with van der Waals surface area (Å²) in [5, 5.41) is 58.0. The van der Waals surface area contributed by atoms with Crippen LogP contribution in [0.4, 0.5) is 8.78 Å². The van der Waals surface area contributed by atoms with Crippen molar-refractivity contribution in [2.45, 2.75) is 54.8 Å². The number of halogens is 2. The molecule has 9 nitrogen and oxygen atoms in total. The molecule has 2 rings (SSSR count). The van der Waals surface area contributed by atoms with E-state index in [9.17, 15) is 39.4 Å². The molecular formula is C12H20F2O9. The van der Waals surface area contributed by atoms with Crippen molar-refractivity contribution < 1.29 is 53.6 Å². The molecule has 0 aromatic heterocycles. The van der Waals surface area contributed by atoms with Crippen LogP contribution in [0.15, 0.2) is 0 Å². The number of aliphatic hydroxyl groups excluding tert-OH is 6. The topological polar surface area (TPSA) is 149 Å². The Morgan fingerprint density at radius 1 is 0.870 bits per heavy atom. The lowest BCUT2D eigenvalue weighted by molar-refractivity contribution is -0.382. The largest absolute Gasteiger partial charge is 0.391 e. The lowest BCUT2D eigenvalue weighted by Gasteiger charge is -2.43. The summed E-state index contributed by atoms with van der Waals surface area (Å²) in [6, 6.07) is 0. The van der Waals surface area contributed by atoms with Crippen molar-refractivity contribution in [1.82, 2.24) is 0 Å². The summed E-state index contributed by atoms with van der Waals surface area (Å²) in [4.78, 5) is 0. The second kappa shape index (κ2) is 7.17. The highest BCUT2D eigenvalue weighted by Gasteiger charge is 2.58. The molecule has 0 unspecified atom stereocenters. The van der Waals surface area contributed by atoms with Gasteiger partial charge in [0, 0.05) is 0 Å². The molecule has 23 heavy (non-hydrogen) atoms. The molecule has 0 aliphatic carbocycles. The van der Waals surface area contributed by atoms with Crippen LogP contribution in [-0.4, -0.2) is 105 Å². The quantitative estimate of drug-likeness (QED) is 0.299. The Labute approximate surface area is 129 Å². The lowest BCUT2D eigenvalue weighted by Crippen LogP contribution is -2.62. The van der Waals surface area contributed by atoms with Crippen LogP contribution in [0.25, 0.3) is 0 Å². The van der Waals surface area contributed by atoms with Crippen LogP contribution >= 0.6 is 0 Å². The van der Waals surface area contributed by atoms with Gasteiger partial charge in [-0.2, -0.15) is 0 Å². The fraction of sp³-hybridized carbons (Fsp3) is 1.00. The van der Waals surface area contributed by atoms with Crippen LogP contribution in [0.1, 0.15) is 0 Å². The fourth-order valence-corrected chi connectivity index (χ4v) is 2.59. The second-order valence-electron chi connectivity index (χ2n) is 5.50. The van der Waals surface area contributed by atoms with E-state index in [1.54, 1.807) is 0 Å². The minimum atomic E-state index is -2.34. The summed E-state index contributed by atoms with van der Waals surface area (Å²) in [6.45, 7) is -3.45. The molecule has 0 spiro atoms. The predicted octanol–water partition coefficient (Wildman–Crippen LogP) is -3.44. The van der Waals surface area contributed by atoms with Gasteiger partial charge < -0.3 is 44.8 Å². The number of ether oxygens (including phenoxy) is 3. The summed E-state index contributed by atoms with van der Waals surface area (Å²) in [5.41, 5.74) is 0. The van der Waals surface area contributed by atoms with Crippen molar-refractivity contribution in [2.24, 2.45) is 0 Å². The third-order valence-electron chi connectivity index (χ3n) is 4.01. The van der Waals surface area contributed by atoms with E-state index < -0.39 is 74.8 Å². The Morgan fingerprint density at radius 3 is 1.96 bits per heavy atom. The van der Waals surface area contributed by atoms with E-state index in [0.717, 1.165) is 0 Å². The smallest absolute Gasteiger partial charge is 0.224 e. The Hall–Kier alpha value is -0.500. The Kier molecular flexibility index (Phi) is 5.87. The monoisotopic (exact) mass is 346 g/mol. The highest BCUT2D eigenvalue weighted by atomic mass is 19.1. The first-order valence-electron chi connectivity index (χ1n) is 6.95. The van der Waals surface area contributed by atoms with Crippen molar-refractivity contribution >= 4 is 0 Å². The van der Waals surface area contributed by atoms with Crippen molar-refractivity contribution in [2.75, 3.05) is 20.0 Å². The summed E-state index contributed by atoms with van der Waals surface area (Å²) < 4.78 is 40.6. The molecule has 2 saturated heterocycles. The molecule has 0 bridgehead atoms. The Balaban J connectivity index is 2.18. The molecule has 136 valence electrons. The molecule has 2 aliphatic rings. The maximum absolute atomic E-state index is 12.8. The minimum absolute atomic E-state index is 1.05. The average molecular weight is 346 g/mol. The zero-order chi connectivity index (χ0) is 17.4. The molecular weight excluding hydrogens is 326 g/mol. The normalized spacial score (nSPS) is 51.1. The van der Waals surface area contributed by atoms with E-state index in [-0.39, 0.29) is 0 Å². The van der Waals surface area contributed by atoms with Crippen LogP contribution in [-0.2, 0) is 14.2 Å². The molecule has 0 saturated carbocycles. The van der Waals surface area contributed by atoms with E-state index in [2.05, 4.69) is 0 Å². The predicted molar refractivity (Wildman–Crippen MR) is 66.4 cm³/mol. The van der Waals surface area contributed by atoms with Gasteiger partial charge in [-0.25, -0.2) is 8.78 Å². The first-order valence-corrected chi connectivity index (χ1v) is 6.95. The van der Waals surface area contributed by atoms with Gasteiger partial charge in [-0.3, -0.25) is 0 Å². The summed E-state index contributed by atoms with van der Waals surface area (Å²) in [6.07, 6.45) is -13.9. The zero-order valence-electron chi connectivity index (χ0n) is 11.9. The van der Waals surface area contributed by atoms with Gasteiger partial charge in [-0.15, -0.1) is 0 Å². The van der Waals surface area contributed by atoms with Gasteiger partial charge >= 0.3 is 0 Å².